The zero-order valence-corrected chi connectivity index (χ0v) is 25.2. The van der Waals surface area contributed by atoms with E-state index in [1.54, 1.807) is 0 Å². The summed E-state index contributed by atoms with van der Waals surface area (Å²) in [5, 5.41) is 7.59. The maximum absolute atomic E-state index is 3.70. The Bertz CT molecular complexity index is 2680. The number of rotatable bonds is 2. The fraction of sp³-hybridized carbons (Fsp3) is 0.0698. The first-order valence-electron chi connectivity index (χ1n) is 15.8. The SMILES string of the molecule is CC1(C)c2ccccc2-c2ccc(-n3c4ccccc4c4cc(-c5cc6c7ccccc7[nH]c6c6ccccc56)ccc43)cc21. The number of para-hydroxylation sites is 2. The lowest BCUT2D eigenvalue weighted by Gasteiger charge is -2.22. The van der Waals surface area contributed by atoms with Gasteiger partial charge in [-0.15, -0.1) is 0 Å². The van der Waals surface area contributed by atoms with E-state index in [-0.39, 0.29) is 5.41 Å². The maximum atomic E-state index is 3.70. The molecular weight excluding hydrogens is 544 g/mol. The molecule has 0 unspecified atom stereocenters. The first-order valence-corrected chi connectivity index (χ1v) is 15.8. The fourth-order valence-corrected chi connectivity index (χ4v) is 8.17. The van der Waals surface area contributed by atoms with E-state index in [1.807, 2.05) is 0 Å². The third-order valence-electron chi connectivity index (χ3n) is 10.3. The number of hydrogen-bond donors (Lipinski definition) is 1. The Hall–Kier alpha value is -5.60. The van der Waals surface area contributed by atoms with Gasteiger partial charge < -0.3 is 9.55 Å². The molecule has 7 aromatic carbocycles. The smallest absolute Gasteiger partial charge is 0.0544 e. The van der Waals surface area contributed by atoms with Crippen molar-refractivity contribution in [3.63, 3.8) is 0 Å². The van der Waals surface area contributed by atoms with Gasteiger partial charge in [-0.1, -0.05) is 111 Å². The standard InChI is InChI=1S/C43H30N2/c1-43(2)37-16-8-5-12-29(37)30-21-20-27(24-38(30)43)45-40-18-10-7-14-32(40)35-23-26(19-22-41(35)45)34-25-36-31-13-6-9-17-39(31)44-42(36)33-15-4-3-11-28(33)34/h3-25,44H,1-2H3. The molecule has 9 aromatic rings. The number of benzene rings is 7. The van der Waals surface area contributed by atoms with Gasteiger partial charge in [-0.3, -0.25) is 0 Å². The average molecular weight is 575 g/mol. The van der Waals surface area contributed by atoms with Gasteiger partial charge in [0, 0.05) is 43.6 Å². The quantitative estimate of drug-likeness (QED) is 0.212. The molecule has 0 atom stereocenters. The van der Waals surface area contributed by atoms with E-state index in [9.17, 15) is 0 Å². The van der Waals surface area contributed by atoms with Gasteiger partial charge in [-0.2, -0.15) is 0 Å². The van der Waals surface area contributed by atoms with Crippen molar-refractivity contribution in [2.45, 2.75) is 19.3 Å². The fourth-order valence-electron chi connectivity index (χ4n) is 8.17. The highest BCUT2D eigenvalue weighted by molar-refractivity contribution is 6.21. The molecule has 212 valence electrons. The molecule has 0 saturated carbocycles. The number of nitrogens with one attached hydrogen (secondary N) is 1. The Kier molecular flexibility index (Phi) is 4.82. The average Bonchev–Trinajstić information content (AvgIpc) is 3.70. The minimum atomic E-state index is -0.0457. The summed E-state index contributed by atoms with van der Waals surface area (Å²) in [7, 11) is 0. The van der Waals surface area contributed by atoms with Crippen LogP contribution in [0, 0.1) is 0 Å². The molecule has 2 heteroatoms. The second kappa shape index (κ2) is 8.74. The molecular formula is C43H30N2. The number of H-pyrrole nitrogens is 1. The van der Waals surface area contributed by atoms with Crippen LogP contribution < -0.4 is 0 Å². The summed E-state index contributed by atoms with van der Waals surface area (Å²) in [6, 6.07) is 51.6. The highest BCUT2D eigenvalue weighted by atomic mass is 15.0. The van der Waals surface area contributed by atoms with Gasteiger partial charge in [0.2, 0.25) is 0 Å². The highest BCUT2D eigenvalue weighted by Gasteiger charge is 2.35. The summed E-state index contributed by atoms with van der Waals surface area (Å²) in [6.45, 7) is 4.71. The van der Waals surface area contributed by atoms with E-state index < -0.39 is 0 Å². The van der Waals surface area contributed by atoms with E-state index in [0.717, 1.165) is 0 Å². The van der Waals surface area contributed by atoms with Crippen LogP contribution in [0.1, 0.15) is 25.0 Å². The van der Waals surface area contributed by atoms with Crippen molar-refractivity contribution < 1.29 is 0 Å². The lowest BCUT2D eigenvalue weighted by molar-refractivity contribution is 0.660. The van der Waals surface area contributed by atoms with Crippen molar-refractivity contribution in [3.05, 3.63) is 151 Å². The molecule has 0 spiro atoms. The van der Waals surface area contributed by atoms with E-state index in [0.29, 0.717) is 0 Å². The minimum absolute atomic E-state index is 0.0457. The second-order valence-corrected chi connectivity index (χ2v) is 13.0. The normalized spacial score (nSPS) is 13.7. The third-order valence-corrected chi connectivity index (χ3v) is 10.3. The number of nitrogens with zero attached hydrogens (tertiary/aromatic N) is 1. The van der Waals surface area contributed by atoms with Crippen molar-refractivity contribution >= 4 is 54.4 Å². The van der Waals surface area contributed by atoms with E-state index in [4.69, 9.17) is 0 Å². The molecule has 0 amide bonds. The van der Waals surface area contributed by atoms with Crippen molar-refractivity contribution in [2.75, 3.05) is 0 Å². The van der Waals surface area contributed by atoms with Gasteiger partial charge >= 0.3 is 0 Å². The third kappa shape index (κ3) is 3.29. The lowest BCUT2D eigenvalue weighted by atomic mass is 9.82. The van der Waals surface area contributed by atoms with E-state index in [1.165, 1.54) is 93.5 Å². The van der Waals surface area contributed by atoms with Crippen LogP contribution >= 0.6 is 0 Å². The van der Waals surface area contributed by atoms with Gasteiger partial charge in [0.05, 0.1) is 16.6 Å². The summed E-state index contributed by atoms with van der Waals surface area (Å²) in [5.41, 5.74) is 14.0. The monoisotopic (exact) mass is 574 g/mol. The first-order chi connectivity index (χ1) is 22.1. The summed E-state index contributed by atoms with van der Waals surface area (Å²) in [4.78, 5) is 3.70. The van der Waals surface area contributed by atoms with Gasteiger partial charge in [0.15, 0.2) is 0 Å². The zero-order chi connectivity index (χ0) is 29.9. The van der Waals surface area contributed by atoms with Crippen LogP contribution in [0.2, 0.25) is 0 Å². The summed E-state index contributed by atoms with van der Waals surface area (Å²) in [5.74, 6) is 0. The number of hydrogen-bond acceptors (Lipinski definition) is 0. The molecule has 10 rings (SSSR count). The number of aromatic amines is 1. The van der Waals surface area contributed by atoms with Gasteiger partial charge in [-0.25, -0.2) is 0 Å². The number of aromatic nitrogens is 2. The number of fused-ring (bicyclic) bond motifs is 11. The van der Waals surface area contributed by atoms with Gasteiger partial charge in [0.25, 0.3) is 0 Å². The van der Waals surface area contributed by atoms with Crippen molar-refractivity contribution in [2.24, 2.45) is 0 Å². The summed E-state index contributed by atoms with van der Waals surface area (Å²) in [6.07, 6.45) is 0. The van der Waals surface area contributed by atoms with Crippen LogP contribution in [0.4, 0.5) is 0 Å². The summed E-state index contributed by atoms with van der Waals surface area (Å²) >= 11 is 0. The van der Waals surface area contributed by atoms with Crippen LogP contribution in [0.25, 0.3) is 82.3 Å². The molecule has 1 N–H and O–H groups in total. The first kappa shape index (κ1) is 24.8. The molecule has 1 aliphatic carbocycles. The van der Waals surface area contributed by atoms with Crippen molar-refractivity contribution in [1.82, 2.24) is 9.55 Å². The molecule has 0 radical (unpaired) electrons. The van der Waals surface area contributed by atoms with Crippen molar-refractivity contribution in [1.29, 1.82) is 0 Å². The molecule has 45 heavy (non-hydrogen) atoms. The second-order valence-electron chi connectivity index (χ2n) is 13.0. The van der Waals surface area contributed by atoms with Gasteiger partial charge in [0.1, 0.15) is 0 Å². The zero-order valence-electron chi connectivity index (χ0n) is 25.2. The Labute approximate surface area is 261 Å². The molecule has 2 heterocycles. The Balaban J connectivity index is 1.22. The van der Waals surface area contributed by atoms with Crippen LogP contribution in [0.3, 0.4) is 0 Å². The molecule has 0 saturated heterocycles. The summed E-state index contributed by atoms with van der Waals surface area (Å²) < 4.78 is 2.45. The molecule has 0 bridgehead atoms. The van der Waals surface area contributed by atoms with Crippen LogP contribution in [0.5, 0.6) is 0 Å². The Morgan fingerprint density at radius 3 is 2.04 bits per heavy atom. The highest BCUT2D eigenvalue weighted by Crippen LogP contribution is 2.49. The van der Waals surface area contributed by atoms with Crippen LogP contribution in [-0.2, 0) is 5.41 Å². The largest absolute Gasteiger partial charge is 0.354 e. The van der Waals surface area contributed by atoms with E-state index >= 15 is 0 Å². The molecule has 2 nitrogen and oxygen atoms in total. The maximum Gasteiger partial charge on any atom is 0.0544 e. The molecule has 1 aliphatic rings. The van der Waals surface area contributed by atoms with Gasteiger partial charge in [-0.05, 0) is 81.2 Å². The van der Waals surface area contributed by atoms with Crippen molar-refractivity contribution in [3.8, 4) is 27.9 Å². The lowest BCUT2D eigenvalue weighted by Crippen LogP contribution is -2.15. The Morgan fingerprint density at radius 1 is 0.467 bits per heavy atom. The predicted molar refractivity (Wildman–Crippen MR) is 191 cm³/mol. The minimum Gasteiger partial charge on any atom is -0.354 e. The topological polar surface area (TPSA) is 20.7 Å². The molecule has 0 aliphatic heterocycles. The van der Waals surface area contributed by atoms with E-state index in [2.05, 4.69) is 163 Å². The van der Waals surface area contributed by atoms with Crippen LogP contribution in [0.15, 0.2) is 140 Å². The molecule has 0 fully saturated rings. The van der Waals surface area contributed by atoms with Crippen LogP contribution in [-0.4, -0.2) is 9.55 Å². The Morgan fingerprint density at radius 2 is 1.16 bits per heavy atom. The molecule has 2 aromatic heterocycles. The predicted octanol–water partition coefficient (Wildman–Crippen LogP) is 11.5.